The van der Waals surface area contributed by atoms with Gasteiger partial charge in [-0.3, -0.25) is 14.9 Å². The van der Waals surface area contributed by atoms with E-state index in [-0.39, 0.29) is 23.9 Å². The molecule has 1 atom stereocenters. The monoisotopic (exact) mass is 347 g/mol. The van der Waals surface area contributed by atoms with E-state index < -0.39 is 29.3 Å². The molecule has 0 bridgehead atoms. The van der Waals surface area contributed by atoms with Crippen LogP contribution in [0.1, 0.15) is 23.2 Å². The summed E-state index contributed by atoms with van der Waals surface area (Å²) in [5.41, 5.74) is -0.830. The van der Waals surface area contributed by atoms with Crippen molar-refractivity contribution in [2.24, 2.45) is 0 Å². The highest BCUT2D eigenvalue weighted by atomic mass is 19.4. The first kappa shape index (κ1) is 18.0. The first-order valence-corrected chi connectivity index (χ1v) is 7.26. The van der Waals surface area contributed by atoms with Crippen LogP contribution in [0.15, 0.2) is 18.2 Å². The molecule has 1 aromatic rings. The van der Waals surface area contributed by atoms with Gasteiger partial charge in [-0.2, -0.15) is 13.2 Å². The fourth-order valence-electron chi connectivity index (χ4n) is 2.35. The van der Waals surface area contributed by atoms with Crippen molar-refractivity contribution in [3.05, 3.63) is 33.9 Å². The minimum Gasteiger partial charge on any atom is -0.484 e. The third kappa shape index (κ3) is 5.08. The van der Waals surface area contributed by atoms with Crippen molar-refractivity contribution < 1.29 is 27.6 Å². The van der Waals surface area contributed by atoms with E-state index in [2.05, 4.69) is 15.4 Å². The van der Waals surface area contributed by atoms with E-state index in [1.54, 1.807) is 0 Å². The van der Waals surface area contributed by atoms with Crippen molar-refractivity contribution in [3.8, 4) is 5.75 Å². The van der Waals surface area contributed by atoms with Gasteiger partial charge in [0.25, 0.3) is 11.6 Å². The predicted octanol–water partition coefficient (Wildman–Crippen LogP) is 2.02. The van der Waals surface area contributed by atoms with Crippen molar-refractivity contribution >= 4 is 11.6 Å². The number of carbonyl (C=O) groups is 1. The van der Waals surface area contributed by atoms with Crippen LogP contribution in [0, 0.1) is 10.1 Å². The minimum absolute atomic E-state index is 0.0812. The number of ether oxygens (including phenoxy) is 1. The number of hydrogen-bond acceptors (Lipinski definition) is 5. The van der Waals surface area contributed by atoms with Gasteiger partial charge in [-0.1, -0.05) is 0 Å². The zero-order valence-corrected chi connectivity index (χ0v) is 12.6. The Morgan fingerprint density at radius 1 is 1.46 bits per heavy atom. The Morgan fingerprint density at radius 3 is 2.79 bits per heavy atom. The van der Waals surface area contributed by atoms with Crippen LogP contribution >= 0.6 is 0 Å². The maximum atomic E-state index is 12.2. The summed E-state index contributed by atoms with van der Waals surface area (Å²) in [6.07, 6.45) is -2.70. The lowest BCUT2D eigenvalue weighted by molar-refractivity contribution is -0.385. The predicted molar refractivity (Wildman–Crippen MR) is 78.0 cm³/mol. The van der Waals surface area contributed by atoms with Gasteiger partial charge in [-0.25, -0.2) is 0 Å². The summed E-state index contributed by atoms with van der Waals surface area (Å²) in [4.78, 5) is 22.4. The minimum atomic E-state index is -4.54. The number of hydrogen-bond donors (Lipinski definition) is 2. The van der Waals surface area contributed by atoms with Crippen molar-refractivity contribution in [2.45, 2.75) is 25.1 Å². The molecular formula is C14H16F3N3O4. The molecule has 1 fully saturated rings. The standard InChI is InChI=1S/C14H16F3N3O4/c15-14(16,17)8-24-10-3-4-12(20(22)23)11(6-10)13(21)19-7-9-2-1-5-18-9/h3-4,6,9,18H,1-2,5,7-8H2,(H,19,21). The molecule has 132 valence electrons. The fourth-order valence-corrected chi connectivity index (χ4v) is 2.35. The molecule has 2 rings (SSSR count). The number of amides is 1. The lowest BCUT2D eigenvalue weighted by Crippen LogP contribution is -2.37. The summed E-state index contributed by atoms with van der Waals surface area (Å²) in [5, 5.41) is 16.7. The summed E-state index contributed by atoms with van der Waals surface area (Å²) in [6, 6.07) is 3.01. The van der Waals surface area contributed by atoms with Gasteiger partial charge < -0.3 is 15.4 Å². The Hall–Kier alpha value is -2.36. The fraction of sp³-hybridized carbons (Fsp3) is 0.500. The molecule has 1 unspecified atom stereocenters. The molecule has 0 radical (unpaired) electrons. The Kier molecular flexibility index (Phi) is 5.60. The van der Waals surface area contributed by atoms with Crippen LogP contribution in [0.5, 0.6) is 5.75 Å². The number of carbonyl (C=O) groups excluding carboxylic acids is 1. The molecule has 1 amide bonds. The average molecular weight is 347 g/mol. The summed E-state index contributed by atoms with van der Waals surface area (Å²) in [5.74, 6) is -0.991. The van der Waals surface area contributed by atoms with Gasteiger partial charge >= 0.3 is 6.18 Å². The van der Waals surface area contributed by atoms with Crippen molar-refractivity contribution in [1.29, 1.82) is 0 Å². The lowest BCUT2D eigenvalue weighted by atomic mass is 10.1. The second-order valence-electron chi connectivity index (χ2n) is 5.34. The zero-order chi connectivity index (χ0) is 17.7. The third-order valence-corrected chi connectivity index (χ3v) is 3.48. The van der Waals surface area contributed by atoms with Crippen LogP contribution in [0.4, 0.5) is 18.9 Å². The summed E-state index contributed by atoms with van der Waals surface area (Å²) in [6.45, 7) is -0.428. The van der Waals surface area contributed by atoms with Crippen LogP contribution in [0.3, 0.4) is 0 Å². The molecule has 1 heterocycles. The molecule has 0 saturated carbocycles. The molecule has 7 nitrogen and oxygen atoms in total. The Balaban J connectivity index is 2.11. The largest absolute Gasteiger partial charge is 0.484 e. The second-order valence-corrected chi connectivity index (χ2v) is 5.34. The van der Waals surface area contributed by atoms with Crippen LogP contribution in [0.2, 0.25) is 0 Å². The Labute approximate surface area is 135 Å². The molecule has 1 aromatic carbocycles. The van der Waals surface area contributed by atoms with Crippen molar-refractivity contribution in [2.75, 3.05) is 19.7 Å². The highest BCUT2D eigenvalue weighted by molar-refractivity contribution is 5.98. The SMILES string of the molecule is O=C(NCC1CCCN1)c1cc(OCC(F)(F)F)ccc1[N+](=O)[O-]. The van der Waals surface area contributed by atoms with Gasteiger partial charge in [-0.05, 0) is 31.5 Å². The number of nitro groups is 1. The number of halogens is 3. The van der Waals surface area contributed by atoms with Gasteiger partial charge in [0.1, 0.15) is 11.3 Å². The van der Waals surface area contributed by atoms with Gasteiger partial charge in [0.2, 0.25) is 0 Å². The van der Waals surface area contributed by atoms with Gasteiger partial charge in [0, 0.05) is 18.7 Å². The molecule has 1 aliphatic heterocycles. The molecule has 1 saturated heterocycles. The summed E-state index contributed by atoms with van der Waals surface area (Å²) < 4.78 is 41.1. The van der Waals surface area contributed by atoms with Gasteiger partial charge in [-0.15, -0.1) is 0 Å². The lowest BCUT2D eigenvalue weighted by Gasteiger charge is -2.13. The third-order valence-electron chi connectivity index (χ3n) is 3.48. The van der Waals surface area contributed by atoms with E-state index >= 15 is 0 Å². The number of benzene rings is 1. The highest BCUT2D eigenvalue weighted by Gasteiger charge is 2.29. The average Bonchev–Trinajstić information content (AvgIpc) is 3.03. The summed E-state index contributed by atoms with van der Waals surface area (Å²) in [7, 11) is 0. The van der Waals surface area contributed by atoms with E-state index in [1.807, 2.05) is 0 Å². The highest BCUT2D eigenvalue weighted by Crippen LogP contribution is 2.26. The van der Waals surface area contributed by atoms with E-state index in [0.29, 0.717) is 0 Å². The van der Waals surface area contributed by atoms with E-state index in [1.165, 1.54) is 0 Å². The quantitative estimate of drug-likeness (QED) is 0.607. The first-order valence-electron chi connectivity index (χ1n) is 7.26. The normalized spacial score (nSPS) is 17.5. The Bertz CT molecular complexity index is 616. The molecule has 0 aromatic heterocycles. The molecule has 1 aliphatic rings. The van der Waals surface area contributed by atoms with Gasteiger partial charge in [0.05, 0.1) is 4.92 Å². The van der Waals surface area contributed by atoms with Crippen LogP contribution in [-0.2, 0) is 0 Å². The molecule has 2 N–H and O–H groups in total. The van der Waals surface area contributed by atoms with Crippen LogP contribution in [0.25, 0.3) is 0 Å². The van der Waals surface area contributed by atoms with Crippen molar-refractivity contribution in [3.63, 3.8) is 0 Å². The maximum Gasteiger partial charge on any atom is 0.422 e. The van der Waals surface area contributed by atoms with Crippen LogP contribution in [-0.4, -0.2) is 42.7 Å². The molecule has 24 heavy (non-hydrogen) atoms. The first-order chi connectivity index (χ1) is 11.3. The molecule has 10 heteroatoms. The van der Waals surface area contributed by atoms with Crippen LogP contribution < -0.4 is 15.4 Å². The topological polar surface area (TPSA) is 93.5 Å². The molecular weight excluding hydrogens is 331 g/mol. The zero-order valence-electron chi connectivity index (χ0n) is 12.6. The molecule has 0 spiro atoms. The number of nitro benzene ring substituents is 1. The number of alkyl halides is 3. The number of nitrogens with zero attached hydrogens (tertiary/aromatic N) is 1. The van der Waals surface area contributed by atoms with E-state index in [0.717, 1.165) is 37.6 Å². The maximum absolute atomic E-state index is 12.2. The van der Waals surface area contributed by atoms with Gasteiger partial charge in [0.15, 0.2) is 6.61 Å². The second kappa shape index (κ2) is 7.47. The molecule has 0 aliphatic carbocycles. The number of rotatable bonds is 6. The number of nitrogens with one attached hydrogen (secondary N) is 2. The Morgan fingerprint density at radius 2 is 2.21 bits per heavy atom. The van der Waals surface area contributed by atoms with Crippen molar-refractivity contribution in [1.82, 2.24) is 10.6 Å². The smallest absolute Gasteiger partial charge is 0.422 e. The summed E-state index contributed by atoms with van der Waals surface area (Å²) >= 11 is 0. The van der Waals surface area contributed by atoms with E-state index in [9.17, 15) is 28.1 Å². The van der Waals surface area contributed by atoms with E-state index in [4.69, 9.17) is 0 Å².